The van der Waals surface area contributed by atoms with Crippen molar-refractivity contribution in [1.29, 1.82) is 0 Å². The Kier molecular flexibility index (Phi) is 5.03. The van der Waals surface area contributed by atoms with Gasteiger partial charge in [-0.15, -0.1) is 0 Å². The van der Waals surface area contributed by atoms with Crippen molar-refractivity contribution in [2.45, 2.75) is 27.2 Å². The van der Waals surface area contributed by atoms with Gasteiger partial charge >= 0.3 is 5.97 Å². The molecule has 116 valence electrons. The first kappa shape index (κ1) is 16.3. The number of benzene rings is 1. The second-order valence-corrected chi connectivity index (χ2v) is 5.63. The molecule has 2 rings (SSSR count). The zero-order valence-corrected chi connectivity index (χ0v) is 13.6. The number of aromatic nitrogens is 1. The topological polar surface area (TPSA) is 59.2 Å². The van der Waals surface area contributed by atoms with Crippen molar-refractivity contribution < 1.29 is 9.53 Å². The number of fused-ring (bicyclic) bond motifs is 1. The van der Waals surface area contributed by atoms with E-state index in [1.165, 1.54) is 0 Å². The molecule has 0 aliphatic carbocycles. The van der Waals surface area contributed by atoms with Gasteiger partial charge in [0.2, 0.25) is 0 Å². The first-order valence-corrected chi connectivity index (χ1v) is 7.46. The van der Waals surface area contributed by atoms with Gasteiger partial charge in [0.15, 0.2) is 5.43 Å². The molecule has 0 saturated heterocycles. The van der Waals surface area contributed by atoms with E-state index in [-0.39, 0.29) is 5.43 Å². The highest BCUT2D eigenvalue weighted by Crippen LogP contribution is 2.15. The zero-order chi connectivity index (χ0) is 16.3. The minimum Gasteiger partial charge on any atom is -0.462 e. The van der Waals surface area contributed by atoms with E-state index in [1.54, 1.807) is 38.1 Å². The van der Waals surface area contributed by atoms with E-state index in [4.69, 9.17) is 16.3 Å². The highest BCUT2D eigenvalue weighted by atomic mass is 35.5. The summed E-state index contributed by atoms with van der Waals surface area (Å²) in [6.07, 6.45) is 2.25. The molecule has 0 bridgehead atoms. The zero-order valence-electron chi connectivity index (χ0n) is 12.8. The van der Waals surface area contributed by atoms with Crippen LogP contribution in [0.5, 0.6) is 0 Å². The number of rotatable bonds is 4. The monoisotopic (exact) mass is 319 g/mol. The highest BCUT2D eigenvalue weighted by molar-refractivity contribution is 6.29. The maximum absolute atomic E-state index is 12.7. The third-order valence-electron chi connectivity index (χ3n) is 3.41. The normalized spacial score (nSPS) is 11.7. The Hall–Kier alpha value is -2.07. The van der Waals surface area contributed by atoms with Gasteiger partial charge in [-0.05, 0) is 45.4 Å². The lowest BCUT2D eigenvalue weighted by Crippen LogP contribution is -2.14. The third-order valence-corrected chi connectivity index (χ3v) is 3.57. The number of hydrogen-bond donors (Lipinski definition) is 1. The molecule has 0 unspecified atom stereocenters. The molecule has 5 heteroatoms. The van der Waals surface area contributed by atoms with Crippen molar-refractivity contribution in [1.82, 2.24) is 4.98 Å². The quantitative estimate of drug-likeness (QED) is 0.874. The van der Waals surface area contributed by atoms with Crippen LogP contribution in [0.25, 0.3) is 10.9 Å². The summed E-state index contributed by atoms with van der Waals surface area (Å²) in [7, 11) is 0. The number of hydrogen-bond acceptors (Lipinski definition) is 3. The molecule has 0 saturated carbocycles. The molecule has 1 heterocycles. The van der Waals surface area contributed by atoms with Crippen LogP contribution in [0.2, 0.25) is 0 Å². The summed E-state index contributed by atoms with van der Waals surface area (Å²) >= 11 is 5.84. The van der Waals surface area contributed by atoms with Gasteiger partial charge in [-0.25, -0.2) is 4.79 Å². The summed E-state index contributed by atoms with van der Waals surface area (Å²) in [4.78, 5) is 27.7. The van der Waals surface area contributed by atoms with Crippen LogP contribution in [0.1, 0.15) is 35.5 Å². The van der Waals surface area contributed by atoms with Gasteiger partial charge in [0.05, 0.1) is 12.2 Å². The van der Waals surface area contributed by atoms with Gasteiger partial charge in [0, 0.05) is 27.2 Å². The van der Waals surface area contributed by atoms with E-state index in [1.807, 2.05) is 6.92 Å². The third kappa shape index (κ3) is 3.39. The van der Waals surface area contributed by atoms with Crippen LogP contribution in [-0.2, 0) is 11.2 Å². The summed E-state index contributed by atoms with van der Waals surface area (Å²) in [5, 5.41) is 1.12. The molecule has 0 radical (unpaired) electrons. The van der Waals surface area contributed by atoms with E-state index >= 15 is 0 Å². The largest absolute Gasteiger partial charge is 0.462 e. The van der Waals surface area contributed by atoms with Crippen molar-refractivity contribution in [2.75, 3.05) is 6.61 Å². The second-order valence-electron chi connectivity index (χ2n) is 5.03. The number of aromatic amines is 1. The second kappa shape index (κ2) is 6.79. The number of nitrogens with one attached hydrogen (secondary N) is 1. The fourth-order valence-corrected chi connectivity index (χ4v) is 2.36. The summed E-state index contributed by atoms with van der Waals surface area (Å²) in [5.41, 5.74) is 2.43. The average molecular weight is 320 g/mol. The molecule has 0 amide bonds. The molecule has 0 spiro atoms. The number of carbonyl (C=O) groups excluding carboxylic acids is 1. The van der Waals surface area contributed by atoms with Crippen LogP contribution < -0.4 is 5.43 Å². The number of aryl methyl sites for hydroxylation is 1. The smallest absolute Gasteiger partial charge is 0.338 e. The van der Waals surface area contributed by atoms with Crippen LogP contribution in [0.3, 0.4) is 0 Å². The summed E-state index contributed by atoms with van der Waals surface area (Å²) in [5.74, 6) is -0.428. The molecular weight excluding hydrogens is 302 g/mol. The number of esters is 1. The number of pyridine rings is 1. The first-order chi connectivity index (χ1) is 10.4. The van der Waals surface area contributed by atoms with E-state index < -0.39 is 5.97 Å². The van der Waals surface area contributed by atoms with Gasteiger partial charge in [0.25, 0.3) is 0 Å². The Morgan fingerprint density at radius 3 is 2.77 bits per heavy atom. The summed E-state index contributed by atoms with van der Waals surface area (Å²) < 4.78 is 4.97. The SMILES string of the molecule is CCOC(=O)c1ccc2[nH]c(C)c(C/C=C(\C)Cl)c(=O)c2c1. The van der Waals surface area contributed by atoms with E-state index in [9.17, 15) is 9.59 Å². The molecule has 22 heavy (non-hydrogen) atoms. The molecular formula is C17H18ClNO3. The molecule has 4 nitrogen and oxygen atoms in total. The van der Waals surface area contributed by atoms with Crippen molar-refractivity contribution in [2.24, 2.45) is 0 Å². The van der Waals surface area contributed by atoms with Crippen LogP contribution in [0, 0.1) is 6.92 Å². The molecule has 0 fully saturated rings. The first-order valence-electron chi connectivity index (χ1n) is 7.09. The van der Waals surface area contributed by atoms with Gasteiger partial charge < -0.3 is 9.72 Å². The van der Waals surface area contributed by atoms with Gasteiger partial charge in [-0.1, -0.05) is 17.7 Å². The van der Waals surface area contributed by atoms with Gasteiger partial charge in [-0.2, -0.15) is 0 Å². The predicted molar refractivity (Wildman–Crippen MR) is 88.6 cm³/mol. The van der Waals surface area contributed by atoms with Crippen molar-refractivity contribution in [3.8, 4) is 0 Å². The van der Waals surface area contributed by atoms with Gasteiger partial charge in [-0.3, -0.25) is 4.79 Å². The molecule has 2 aromatic rings. The molecule has 0 atom stereocenters. The Balaban J connectivity index is 2.58. The standard InChI is InChI=1S/C17H18ClNO3/c1-4-22-17(21)12-6-8-15-14(9-12)16(20)13(11(3)19-15)7-5-10(2)18/h5-6,8-9H,4,7H2,1-3H3,(H,19,20)/b10-5+. The average Bonchev–Trinajstić information content (AvgIpc) is 2.46. The lowest BCUT2D eigenvalue weighted by molar-refractivity contribution is 0.0526. The Labute approximate surface area is 133 Å². The number of carbonyl (C=O) groups is 1. The summed E-state index contributed by atoms with van der Waals surface area (Å²) in [6.45, 7) is 5.66. The van der Waals surface area contributed by atoms with Crippen molar-refractivity contribution in [3.63, 3.8) is 0 Å². The molecule has 0 aliphatic rings. The van der Waals surface area contributed by atoms with E-state index in [0.717, 1.165) is 5.69 Å². The van der Waals surface area contributed by atoms with Crippen molar-refractivity contribution >= 4 is 28.5 Å². The number of allylic oxidation sites excluding steroid dienone is 2. The number of H-pyrrole nitrogens is 1. The highest BCUT2D eigenvalue weighted by Gasteiger charge is 2.12. The van der Waals surface area contributed by atoms with Gasteiger partial charge in [0.1, 0.15) is 0 Å². The van der Waals surface area contributed by atoms with Crippen LogP contribution in [-0.4, -0.2) is 17.6 Å². The fourth-order valence-electron chi connectivity index (χ4n) is 2.28. The summed E-state index contributed by atoms with van der Waals surface area (Å²) in [6, 6.07) is 4.95. The number of halogens is 1. The number of ether oxygens (including phenoxy) is 1. The predicted octanol–water partition coefficient (Wildman–Crippen LogP) is 3.70. The Morgan fingerprint density at radius 2 is 2.14 bits per heavy atom. The van der Waals surface area contributed by atoms with Crippen LogP contribution in [0.15, 0.2) is 34.1 Å². The van der Waals surface area contributed by atoms with E-state index in [0.29, 0.717) is 40.1 Å². The lowest BCUT2D eigenvalue weighted by Gasteiger charge is -2.08. The molecule has 1 aromatic heterocycles. The molecule has 0 aliphatic heterocycles. The molecule has 1 N–H and O–H groups in total. The van der Waals surface area contributed by atoms with Crippen LogP contribution in [0.4, 0.5) is 0 Å². The van der Waals surface area contributed by atoms with Crippen LogP contribution >= 0.6 is 11.6 Å². The Bertz CT molecular complexity index is 801. The fraction of sp³-hybridized carbons (Fsp3) is 0.294. The molecule has 1 aromatic carbocycles. The maximum atomic E-state index is 12.7. The van der Waals surface area contributed by atoms with Crippen molar-refractivity contribution in [3.05, 3.63) is 56.4 Å². The van der Waals surface area contributed by atoms with E-state index in [2.05, 4.69) is 4.98 Å². The Morgan fingerprint density at radius 1 is 1.41 bits per heavy atom. The minimum atomic E-state index is -0.428. The lowest BCUT2D eigenvalue weighted by atomic mass is 10.0. The maximum Gasteiger partial charge on any atom is 0.338 e. The minimum absolute atomic E-state index is 0.0911.